The largest absolute Gasteiger partial charge is 0.543 e. The third-order valence-electron chi connectivity index (χ3n) is 14.8. The van der Waals surface area contributed by atoms with Gasteiger partial charge in [-0.1, -0.05) is 118 Å². The zero-order valence-corrected chi connectivity index (χ0v) is 40.2. The third-order valence-corrected chi connectivity index (χ3v) is 28.2. The zero-order valence-electron chi connectivity index (χ0n) is 37.2. The van der Waals surface area contributed by atoms with E-state index in [1.54, 1.807) is 5.57 Å². The molecule has 0 aliphatic heterocycles. The zero-order chi connectivity index (χ0) is 40.0. The second-order valence-electron chi connectivity index (χ2n) is 21.8. The van der Waals surface area contributed by atoms with Crippen molar-refractivity contribution in [2.45, 2.75) is 188 Å². The van der Waals surface area contributed by atoms with E-state index in [2.05, 4.69) is 164 Å². The molecule has 296 valence electrons. The molecule has 1 aromatic rings. The van der Waals surface area contributed by atoms with Crippen LogP contribution < -0.4 is 4.43 Å². The number of benzene rings is 1. The van der Waals surface area contributed by atoms with Crippen molar-refractivity contribution in [1.29, 1.82) is 0 Å². The molecule has 0 radical (unpaired) electrons. The lowest BCUT2D eigenvalue weighted by Crippen LogP contribution is -2.49. The number of hydrogen-bond acceptors (Lipinski definition) is 3. The Morgan fingerprint density at radius 3 is 2.06 bits per heavy atom. The Labute approximate surface area is 330 Å². The molecule has 0 saturated heterocycles. The summed E-state index contributed by atoms with van der Waals surface area (Å²) < 4.78 is 20.9. The summed E-state index contributed by atoms with van der Waals surface area (Å²) in [5.41, 5.74) is 5.47. The maximum atomic E-state index is 7.12. The van der Waals surface area contributed by atoms with Gasteiger partial charge in [-0.15, -0.1) is 0 Å². The molecule has 0 spiro atoms. The minimum absolute atomic E-state index is 0.00952. The summed E-state index contributed by atoms with van der Waals surface area (Å²) in [5, 5.41) is 0.469. The van der Waals surface area contributed by atoms with Crippen molar-refractivity contribution in [3.63, 3.8) is 0 Å². The normalized spacial score (nSPS) is 28.4. The van der Waals surface area contributed by atoms with Gasteiger partial charge in [-0.25, -0.2) is 0 Å². The number of allylic oxidation sites excluding steroid dienone is 3. The highest BCUT2D eigenvalue weighted by Gasteiger charge is 2.51. The molecule has 1 aromatic carbocycles. The molecule has 0 unspecified atom stereocenters. The van der Waals surface area contributed by atoms with Gasteiger partial charge in [0.15, 0.2) is 16.6 Å². The van der Waals surface area contributed by atoms with Gasteiger partial charge < -0.3 is 13.3 Å². The van der Waals surface area contributed by atoms with Crippen molar-refractivity contribution in [2.75, 3.05) is 0 Å². The quantitative estimate of drug-likeness (QED) is 0.194. The first kappa shape index (κ1) is 44.1. The van der Waals surface area contributed by atoms with Crippen LogP contribution in [0.5, 0.6) is 5.75 Å². The molecular weight excluding hydrogens is 697 g/mol. The average molecular weight is 775 g/mol. The van der Waals surface area contributed by atoms with Gasteiger partial charge in [0.1, 0.15) is 5.75 Å². The van der Waals surface area contributed by atoms with Gasteiger partial charge in [0.25, 0.3) is 0 Å². The van der Waals surface area contributed by atoms with E-state index >= 15 is 0 Å². The molecule has 3 aliphatic rings. The SMILES string of the molecule is C=C1/C(=C\C=C2/CCC[C@]3(C)[C@@H]([C@@H](C)C#Cc4cccc(O[Si](C)(C)C(C)(C)C)c4)CC[C@@H]23)C[C@@H](O[Si](C)(C)C(C)(C)C)C[C@@H]1O[Si](C)(C)C(C)(C)C. The number of rotatable bonds is 8. The van der Waals surface area contributed by atoms with E-state index in [9.17, 15) is 0 Å². The molecule has 0 aromatic heterocycles. The van der Waals surface area contributed by atoms with Crippen molar-refractivity contribution >= 4 is 25.0 Å². The van der Waals surface area contributed by atoms with Gasteiger partial charge in [-0.2, -0.15) is 0 Å². The summed E-state index contributed by atoms with van der Waals surface area (Å²) in [7, 11) is -5.86. The van der Waals surface area contributed by atoms with Crippen LogP contribution in [0.25, 0.3) is 0 Å². The van der Waals surface area contributed by atoms with Gasteiger partial charge in [0.05, 0.1) is 12.2 Å². The fraction of sp³-hybridized carbons (Fsp3) is 0.702. The Balaban J connectivity index is 1.56. The molecule has 6 atom stereocenters. The fourth-order valence-corrected chi connectivity index (χ4v) is 11.9. The van der Waals surface area contributed by atoms with E-state index in [1.807, 2.05) is 0 Å². The van der Waals surface area contributed by atoms with Crippen LogP contribution in [0.3, 0.4) is 0 Å². The van der Waals surface area contributed by atoms with Crippen molar-refractivity contribution < 1.29 is 13.3 Å². The summed E-state index contributed by atoms with van der Waals surface area (Å²) >= 11 is 0. The molecule has 3 fully saturated rings. The van der Waals surface area contributed by atoms with Gasteiger partial charge >= 0.3 is 0 Å². The van der Waals surface area contributed by atoms with Gasteiger partial charge in [-0.3, -0.25) is 0 Å². The van der Waals surface area contributed by atoms with Gasteiger partial charge in [0.2, 0.25) is 8.32 Å². The second kappa shape index (κ2) is 15.7. The molecule has 0 amide bonds. The summed E-state index contributed by atoms with van der Waals surface area (Å²) in [4.78, 5) is 0. The van der Waals surface area contributed by atoms with E-state index in [0.717, 1.165) is 24.2 Å². The monoisotopic (exact) mass is 775 g/mol. The lowest BCUT2D eigenvalue weighted by Gasteiger charge is -2.45. The number of fused-ring (bicyclic) bond motifs is 1. The van der Waals surface area contributed by atoms with E-state index in [4.69, 9.17) is 19.9 Å². The minimum Gasteiger partial charge on any atom is -0.543 e. The summed E-state index contributed by atoms with van der Waals surface area (Å²) in [5.74, 6) is 9.81. The lowest BCUT2D eigenvalue weighted by molar-refractivity contribution is 0.0969. The highest BCUT2D eigenvalue weighted by atomic mass is 28.4. The van der Waals surface area contributed by atoms with Crippen LogP contribution in [0.4, 0.5) is 0 Å². The van der Waals surface area contributed by atoms with Crippen molar-refractivity contribution in [3.8, 4) is 17.6 Å². The van der Waals surface area contributed by atoms with E-state index in [1.165, 1.54) is 43.3 Å². The van der Waals surface area contributed by atoms with Crippen LogP contribution >= 0.6 is 0 Å². The molecule has 53 heavy (non-hydrogen) atoms. The van der Waals surface area contributed by atoms with Crippen molar-refractivity contribution in [2.24, 2.45) is 23.2 Å². The van der Waals surface area contributed by atoms with Gasteiger partial charge in [0, 0.05) is 17.9 Å². The minimum atomic E-state index is -2.00. The molecular formula is C47H78O3Si3. The smallest absolute Gasteiger partial charge is 0.250 e. The first-order valence-electron chi connectivity index (χ1n) is 20.8. The fourth-order valence-electron chi connectivity index (χ4n) is 8.25. The van der Waals surface area contributed by atoms with E-state index < -0.39 is 25.0 Å². The highest BCUT2D eigenvalue weighted by Crippen LogP contribution is 2.59. The Morgan fingerprint density at radius 2 is 1.45 bits per heavy atom. The predicted octanol–water partition coefficient (Wildman–Crippen LogP) is 14.3. The topological polar surface area (TPSA) is 27.7 Å². The molecule has 6 heteroatoms. The van der Waals surface area contributed by atoms with Gasteiger partial charge in [-0.05, 0) is 140 Å². The Hall–Kier alpha value is -1.63. The molecule has 0 heterocycles. The average Bonchev–Trinajstić information content (AvgIpc) is 3.36. The van der Waals surface area contributed by atoms with Crippen LogP contribution in [0.1, 0.15) is 127 Å². The van der Waals surface area contributed by atoms with Crippen LogP contribution in [0.2, 0.25) is 54.4 Å². The molecule has 0 N–H and O–H groups in total. The lowest BCUT2D eigenvalue weighted by atomic mass is 9.61. The standard InChI is InChI=1S/C47H78O3Si3/c1-34(24-25-36-21-19-23-39(31-36)48-51(13,14)44(3,4)5)41-28-29-42-37(22-20-30-47(41,42)12)26-27-38-32-40(49-52(15,16)45(6,7)8)33-43(35(38)2)50-53(17,18)46(9,10)11/h19,21,23,26-27,31,34,40-43H,2,20,22,28-30,32-33H2,1,3-18H3/b37-26+,38-27-/t34-,40+,41+,42-,43-,47+/m0/s1. The molecule has 3 nitrogen and oxygen atoms in total. The predicted molar refractivity (Wildman–Crippen MR) is 237 cm³/mol. The van der Waals surface area contributed by atoms with E-state index in [0.29, 0.717) is 17.8 Å². The van der Waals surface area contributed by atoms with Crippen molar-refractivity contribution in [1.82, 2.24) is 0 Å². The van der Waals surface area contributed by atoms with Crippen LogP contribution in [-0.2, 0) is 8.85 Å². The first-order chi connectivity index (χ1) is 24.1. The van der Waals surface area contributed by atoms with Crippen LogP contribution in [-0.4, -0.2) is 37.2 Å². The molecule has 4 rings (SSSR count). The van der Waals surface area contributed by atoms with E-state index in [-0.39, 0.29) is 32.7 Å². The molecule has 3 aliphatic carbocycles. The Kier molecular flexibility index (Phi) is 13.1. The second-order valence-corrected chi connectivity index (χ2v) is 36.0. The van der Waals surface area contributed by atoms with Crippen LogP contribution in [0.15, 0.2) is 59.7 Å². The Morgan fingerprint density at radius 1 is 0.849 bits per heavy atom. The maximum absolute atomic E-state index is 7.12. The molecule has 0 bridgehead atoms. The Bertz CT molecular complexity index is 1600. The number of hydrogen-bond donors (Lipinski definition) is 0. The molecule has 3 saturated carbocycles. The highest BCUT2D eigenvalue weighted by molar-refractivity contribution is 6.75. The summed E-state index contributed by atoms with van der Waals surface area (Å²) in [6, 6.07) is 8.47. The summed E-state index contributed by atoms with van der Waals surface area (Å²) in [6.45, 7) is 44.7. The first-order valence-corrected chi connectivity index (χ1v) is 29.6. The maximum Gasteiger partial charge on any atom is 0.250 e. The third kappa shape index (κ3) is 10.0. The van der Waals surface area contributed by atoms with Crippen LogP contribution in [0, 0.1) is 35.0 Å². The summed E-state index contributed by atoms with van der Waals surface area (Å²) in [6.07, 6.45) is 13.2. The van der Waals surface area contributed by atoms with Crippen molar-refractivity contribution in [3.05, 3.63) is 65.3 Å².